The van der Waals surface area contributed by atoms with E-state index >= 15 is 0 Å². The highest BCUT2D eigenvalue weighted by atomic mass is 32.2. The Morgan fingerprint density at radius 2 is 1.94 bits per heavy atom. The van der Waals surface area contributed by atoms with E-state index in [4.69, 9.17) is 11.1 Å². The predicted molar refractivity (Wildman–Crippen MR) is 79.3 cm³/mol. The Morgan fingerprint density at radius 1 is 1.33 bits per heavy atom. The van der Waals surface area contributed by atoms with Crippen molar-refractivity contribution in [3.05, 3.63) is 35.4 Å². The van der Waals surface area contributed by atoms with Gasteiger partial charge < -0.3 is 5.73 Å². The molecule has 1 saturated heterocycles. The molecule has 4 heteroatoms. The van der Waals surface area contributed by atoms with Crippen molar-refractivity contribution < 1.29 is 0 Å². The molecule has 98 valence electrons. The third-order valence-electron chi connectivity index (χ3n) is 3.20. The Bertz CT molecular complexity index is 423. The van der Waals surface area contributed by atoms with Crippen molar-refractivity contribution in [2.24, 2.45) is 5.73 Å². The van der Waals surface area contributed by atoms with E-state index < -0.39 is 0 Å². The first-order chi connectivity index (χ1) is 8.56. The maximum absolute atomic E-state index is 7.63. The zero-order valence-electron chi connectivity index (χ0n) is 11.0. The molecule has 0 bridgehead atoms. The van der Waals surface area contributed by atoms with Crippen LogP contribution in [-0.4, -0.2) is 34.3 Å². The molecule has 1 heterocycles. The SMILES string of the molecule is CC1CN(Cc2ccccc2C(=N)N)CC(C)S1. The standard InChI is InChI=1S/C14H21N3S/c1-10-7-17(8-11(2)18-10)9-12-5-3-4-6-13(12)14(15)16/h3-6,10-11H,7-9H2,1-2H3,(H3,15,16). The van der Waals surface area contributed by atoms with Crippen LogP contribution in [0.1, 0.15) is 25.0 Å². The second-order valence-electron chi connectivity index (χ2n) is 5.02. The number of nitrogen functional groups attached to an aromatic ring is 1. The minimum absolute atomic E-state index is 0.165. The van der Waals surface area contributed by atoms with Crippen LogP contribution in [0.3, 0.4) is 0 Å². The fraction of sp³-hybridized carbons (Fsp3) is 0.500. The van der Waals surface area contributed by atoms with Crippen LogP contribution < -0.4 is 5.73 Å². The fourth-order valence-electron chi connectivity index (χ4n) is 2.58. The average molecular weight is 263 g/mol. The topological polar surface area (TPSA) is 53.1 Å². The Hall–Kier alpha value is -1.00. The maximum Gasteiger partial charge on any atom is 0.123 e. The molecule has 3 nitrogen and oxygen atoms in total. The average Bonchev–Trinajstić information content (AvgIpc) is 2.27. The summed E-state index contributed by atoms with van der Waals surface area (Å²) in [4.78, 5) is 2.47. The van der Waals surface area contributed by atoms with Crippen molar-refractivity contribution in [3.63, 3.8) is 0 Å². The summed E-state index contributed by atoms with van der Waals surface area (Å²) in [5.74, 6) is 0.165. The van der Waals surface area contributed by atoms with Crippen LogP contribution in [0.25, 0.3) is 0 Å². The number of amidine groups is 1. The van der Waals surface area contributed by atoms with Gasteiger partial charge in [-0.25, -0.2) is 0 Å². The van der Waals surface area contributed by atoms with E-state index in [1.165, 1.54) is 0 Å². The molecule has 0 aliphatic carbocycles. The van der Waals surface area contributed by atoms with Gasteiger partial charge in [-0.05, 0) is 5.56 Å². The van der Waals surface area contributed by atoms with Gasteiger partial charge in [-0.1, -0.05) is 38.1 Å². The molecule has 0 radical (unpaired) electrons. The molecular weight excluding hydrogens is 242 g/mol. The minimum Gasteiger partial charge on any atom is -0.384 e. The molecule has 0 saturated carbocycles. The maximum atomic E-state index is 7.63. The van der Waals surface area contributed by atoms with Crippen LogP contribution in [0, 0.1) is 5.41 Å². The van der Waals surface area contributed by atoms with Crippen LogP contribution in [0.5, 0.6) is 0 Å². The highest BCUT2D eigenvalue weighted by molar-refractivity contribution is 8.00. The quantitative estimate of drug-likeness (QED) is 0.650. The Labute approximate surface area is 113 Å². The minimum atomic E-state index is 0.165. The van der Waals surface area contributed by atoms with E-state index in [0.29, 0.717) is 10.5 Å². The van der Waals surface area contributed by atoms with Crippen molar-refractivity contribution in [1.82, 2.24) is 4.90 Å². The Morgan fingerprint density at radius 3 is 2.56 bits per heavy atom. The van der Waals surface area contributed by atoms with E-state index in [-0.39, 0.29) is 5.84 Å². The van der Waals surface area contributed by atoms with E-state index in [9.17, 15) is 0 Å². The van der Waals surface area contributed by atoms with Crippen molar-refractivity contribution in [2.75, 3.05) is 13.1 Å². The van der Waals surface area contributed by atoms with E-state index in [1.54, 1.807) is 0 Å². The first-order valence-corrected chi connectivity index (χ1v) is 7.30. The largest absolute Gasteiger partial charge is 0.384 e. The third kappa shape index (κ3) is 3.27. The first kappa shape index (κ1) is 13.4. The number of thioether (sulfide) groups is 1. The zero-order chi connectivity index (χ0) is 13.1. The summed E-state index contributed by atoms with van der Waals surface area (Å²) in [6.45, 7) is 7.68. The van der Waals surface area contributed by atoms with Gasteiger partial charge in [-0.2, -0.15) is 11.8 Å². The van der Waals surface area contributed by atoms with Crippen molar-refractivity contribution >= 4 is 17.6 Å². The highest BCUT2D eigenvalue weighted by Gasteiger charge is 2.22. The molecule has 18 heavy (non-hydrogen) atoms. The second kappa shape index (κ2) is 5.76. The number of benzene rings is 1. The summed E-state index contributed by atoms with van der Waals surface area (Å²) in [5, 5.41) is 8.99. The van der Waals surface area contributed by atoms with Gasteiger partial charge in [0.1, 0.15) is 5.84 Å². The van der Waals surface area contributed by atoms with Crippen LogP contribution in [0.2, 0.25) is 0 Å². The van der Waals surface area contributed by atoms with Crippen LogP contribution in [-0.2, 0) is 6.54 Å². The molecule has 2 atom stereocenters. The summed E-state index contributed by atoms with van der Waals surface area (Å²) in [5.41, 5.74) is 7.67. The number of hydrogen-bond donors (Lipinski definition) is 2. The van der Waals surface area contributed by atoms with Crippen molar-refractivity contribution in [3.8, 4) is 0 Å². The summed E-state index contributed by atoms with van der Waals surface area (Å²) in [6, 6.07) is 7.97. The number of nitrogens with zero attached hydrogens (tertiary/aromatic N) is 1. The number of rotatable bonds is 3. The molecule has 1 aromatic carbocycles. The van der Waals surface area contributed by atoms with Crippen LogP contribution >= 0.6 is 11.8 Å². The Kier molecular flexibility index (Phi) is 4.30. The van der Waals surface area contributed by atoms with Gasteiger partial charge in [0.05, 0.1) is 0 Å². The molecule has 1 aliphatic rings. The molecule has 3 N–H and O–H groups in total. The third-order valence-corrected chi connectivity index (χ3v) is 4.42. The smallest absolute Gasteiger partial charge is 0.123 e. The summed E-state index contributed by atoms with van der Waals surface area (Å²) >= 11 is 2.06. The van der Waals surface area contributed by atoms with Gasteiger partial charge in [-0.3, -0.25) is 10.3 Å². The molecule has 0 aromatic heterocycles. The van der Waals surface area contributed by atoms with Crippen molar-refractivity contribution in [2.45, 2.75) is 30.9 Å². The lowest BCUT2D eigenvalue weighted by molar-refractivity contribution is 0.263. The summed E-state index contributed by atoms with van der Waals surface area (Å²) in [6.07, 6.45) is 0. The molecular formula is C14H21N3S. The molecule has 0 amide bonds. The first-order valence-electron chi connectivity index (χ1n) is 6.36. The van der Waals surface area contributed by atoms with Gasteiger partial charge in [0, 0.05) is 35.7 Å². The number of nitrogens with two attached hydrogens (primary N) is 1. The lowest BCUT2D eigenvalue weighted by Gasteiger charge is -2.34. The Balaban J connectivity index is 2.11. The highest BCUT2D eigenvalue weighted by Crippen LogP contribution is 2.26. The summed E-state index contributed by atoms with van der Waals surface area (Å²) < 4.78 is 0. The van der Waals surface area contributed by atoms with E-state index in [0.717, 1.165) is 30.8 Å². The molecule has 2 rings (SSSR count). The normalized spacial score (nSPS) is 25.0. The van der Waals surface area contributed by atoms with Crippen LogP contribution in [0.15, 0.2) is 24.3 Å². The summed E-state index contributed by atoms with van der Waals surface area (Å²) in [7, 11) is 0. The lowest BCUT2D eigenvalue weighted by atomic mass is 10.1. The molecule has 1 aliphatic heterocycles. The lowest BCUT2D eigenvalue weighted by Crippen LogP contribution is -2.40. The molecule has 1 aromatic rings. The molecule has 0 spiro atoms. The predicted octanol–water partition coefficient (Wildman–Crippen LogP) is 2.30. The van der Waals surface area contributed by atoms with E-state index in [1.807, 2.05) is 18.2 Å². The molecule has 1 fully saturated rings. The number of hydrogen-bond acceptors (Lipinski definition) is 3. The number of nitrogens with one attached hydrogen (secondary N) is 1. The van der Waals surface area contributed by atoms with E-state index in [2.05, 4.69) is 36.6 Å². The zero-order valence-corrected chi connectivity index (χ0v) is 11.8. The molecule has 2 unspecified atom stereocenters. The van der Waals surface area contributed by atoms with Gasteiger partial charge >= 0.3 is 0 Å². The van der Waals surface area contributed by atoms with Gasteiger partial charge in [-0.15, -0.1) is 0 Å². The monoisotopic (exact) mass is 263 g/mol. The van der Waals surface area contributed by atoms with Crippen molar-refractivity contribution in [1.29, 1.82) is 5.41 Å². The van der Waals surface area contributed by atoms with Gasteiger partial charge in [0.15, 0.2) is 0 Å². The second-order valence-corrected chi connectivity index (χ2v) is 6.90. The fourth-order valence-corrected chi connectivity index (χ4v) is 3.96. The van der Waals surface area contributed by atoms with Gasteiger partial charge in [0.2, 0.25) is 0 Å². The van der Waals surface area contributed by atoms with Gasteiger partial charge in [0.25, 0.3) is 0 Å². The van der Waals surface area contributed by atoms with Crippen LogP contribution in [0.4, 0.5) is 0 Å².